The lowest BCUT2D eigenvalue weighted by atomic mass is 10.1. The minimum Gasteiger partial charge on any atom is -0.506 e. The zero-order chi connectivity index (χ0) is 10.8. The predicted molar refractivity (Wildman–Crippen MR) is 58.0 cm³/mol. The van der Waals surface area contributed by atoms with Crippen LogP contribution in [0.3, 0.4) is 0 Å². The molecule has 1 heterocycles. The molecule has 0 aliphatic heterocycles. The smallest absolute Gasteiger partial charge is 0.194 e. The first-order chi connectivity index (χ1) is 7.20. The van der Waals surface area contributed by atoms with Gasteiger partial charge in [0.25, 0.3) is 0 Å². The topological polar surface area (TPSA) is 46.3 Å². The zero-order valence-electron chi connectivity index (χ0n) is 8.20. The number of oxazole rings is 1. The van der Waals surface area contributed by atoms with Crippen LogP contribution >= 0.6 is 11.6 Å². The molecule has 2 rings (SSSR count). The molecule has 78 valence electrons. The van der Waals surface area contributed by atoms with E-state index in [1.807, 2.05) is 6.92 Å². The highest BCUT2D eigenvalue weighted by Crippen LogP contribution is 2.28. The number of hydrogen-bond donors (Lipinski definition) is 1. The summed E-state index contributed by atoms with van der Waals surface area (Å²) in [7, 11) is 0. The van der Waals surface area contributed by atoms with Crippen molar-refractivity contribution in [3.8, 4) is 17.0 Å². The van der Waals surface area contributed by atoms with Gasteiger partial charge in [-0.05, 0) is 12.1 Å². The minimum atomic E-state index is 0.0511. The Balaban J connectivity index is 2.40. The van der Waals surface area contributed by atoms with Gasteiger partial charge in [0.2, 0.25) is 0 Å². The first-order valence-electron chi connectivity index (χ1n) is 4.64. The minimum absolute atomic E-state index is 0.0511. The molecule has 4 heteroatoms. The Kier molecular flexibility index (Phi) is 2.64. The molecule has 0 saturated carbocycles. The quantitative estimate of drug-likeness (QED) is 0.850. The van der Waals surface area contributed by atoms with E-state index in [2.05, 4.69) is 4.98 Å². The van der Waals surface area contributed by atoms with Gasteiger partial charge in [-0.1, -0.05) is 24.6 Å². The van der Waals surface area contributed by atoms with Crippen LogP contribution in [0.5, 0.6) is 5.75 Å². The van der Waals surface area contributed by atoms with E-state index in [1.54, 1.807) is 24.5 Å². The molecule has 0 bridgehead atoms. The summed E-state index contributed by atoms with van der Waals surface area (Å²) in [6.45, 7) is 1.97. The van der Waals surface area contributed by atoms with Gasteiger partial charge in [0.05, 0.1) is 5.02 Å². The Bertz CT molecular complexity index is 479. The third-order valence-corrected chi connectivity index (χ3v) is 2.42. The maximum atomic E-state index is 9.44. The van der Waals surface area contributed by atoms with Crippen LogP contribution in [0.25, 0.3) is 11.3 Å². The van der Waals surface area contributed by atoms with Gasteiger partial charge < -0.3 is 9.52 Å². The fraction of sp³-hybridized carbons (Fsp3) is 0.182. The Morgan fingerprint density at radius 3 is 2.87 bits per heavy atom. The first-order valence-corrected chi connectivity index (χ1v) is 5.01. The summed E-state index contributed by atoms with van der Waals surface area (Å²) >= 11 is 5.71. The number of rotatable bonds is 2. The van der Waals surface area contributed by atoms with Crippen LogP contribution in [0.1, 0.15) is 12.8 Å². The summed E-state index contributed by atoms with van der Waals surface area (Å²) in [6, 6.07) is 4.99. The molecular weight excluding hydrogens is 214 g/mol. The van der Waals surface area contributed by atoms with Crippen molar-refractivity contribution < 1.29 is 9.52 Å². The van der Waals surface area contributed by atoms with Crippen molar-refractivity contribution in [3.63, 3.8) is 0 Å². The number of halogens is 1. The maximum absolute atomic E-state index is 9.44. The SMILES string of the molecule is CCc1nc(-c2ccc(Cl)c(O)c2)co1. The summed E-state index contributed by atoms with van der Waals surface area (Å²) in [6.07, 6.45) is 2.32. The van der Waals surface area contributed by atoms with Crippen molar-refractivity contribution in [3.05, 3.63) is 35.4 Å². The molecule has 3 nitrogen and oxygen atoms in total. The monoisotopic (exact) mass is 223 g/mol. The Hall–Kier alpha value is -1.48. The van der Waals surface area contributed by atoms with Crippen molar-refractivity contribution >= 4 is 11.6 Å². The second-order valence-electron chi connectivity index (χ2n) is 3.15. The van der Waals surface area contributed by atoms with Crippen molar-refractivity contribution in [2.45, 2.75) is 13.3 Å². The molecule has 0 aliphatic rings. The maximum Gasteiger partial charge on any atom is 0.194 e. The Morgan fingerprint density at radius 2 is 2.27 bits per heavy atom. The van der Waals surface area contributed by atoms with Crippen LogP contribution in [0.2, 0.25) is 5.02 Å². The predicted octanol–water partition coefficient (Wildman–Crippen LogP) is 3.26. The lowest BCUT2D eigenvalue weighted by Crippen LogP contribution is -1.81. The van der Waals surface area contributed by atoms with Crippen molar-refractivity contribution in [1.29, 1.82) is 0 Å². The van der Waals surface area contributed by atoms with Gasteiger partial charge in [0.15, 0.2) is 5.89 Å². The number of nitrogens with zero attached hydrogens (tertiary/aromatic N) is 1. The van der Waals surface area contributed by atoms with Gasteiger partial charge in [0.1, 0.15) is 17.7 Å². The number of aromatic hydroxyl groups is 1. The highest BCUT2D eigenvalue weighted by atomic mass is 35.5. The molecule has 15 heavy (non-hydrogen) atoms. The molecule has 0 fully saturated rings. The highest BCUT2D eigenvalue weighted by Gasteiger charge is 2.07. The van der Waals surface area contributed by atoms with E-state index in [4.69, 9.17) is 16.0 Å². The molecule has 0 saturated heterocycles. The van der Waals surface area contributed by atoms with Crippen LogP contribution in [0, 0.1) is 0 Å². The number of aromatic nitrogens is 1. The Morgan fingerprint density at radius 1 is 1.47 bits per heavy atom. The molecule has 1 aromatic carbocycles. The molecule has 0 atom stereocenters. The van der Waals surface area contributed by atoms with Crippen molar-refractivity contribution in [2.24, 2.45) is 0 Å². The van der Waals surface area contributed by atoms with Gasteiger partial charge >= 0.3 is 0 Å². The fourth-order valence-corrected chi connectivity index (χ4v) is 1.40. The summed E-state index contributed by atoms with van der Waals surface area (Å²) in [4.78, 5) is 4.25. The second kappa shape index (κ2) is 3.95. The lowest BCUT2D eigenvalue weighted by molar-refractivity contribution is 0.476. The van der Waals surface area contributed by atoms with E-state index >= 15 is 0 Å². The summed E-state index contributed by atoms with van der Waals surface area (Å²) in [5.74, 6) is 0.731. The molecule has 0 unspecified atom stereocenters. The molecule has 0 aliphatic carbocycles. The van der Waals surface area contributed by atoms with Crippen molar-refractivity contribution in [1.82, 2.24) is 4.98 Å². The van der Waals surface area contributed by atoms with Crippen LogP contribution in [-0.2, 0) is 6.42 Å². The molecule has 2 aromatic rings. The number of hydrogen-bond acceptors (Lipinski definition) is 3. The second-order valence-corrected chi connectivity index (χ2v) is 3.55. The van der Waals surface area contributed by atoms with E-state index in [0.29, 0.717) is 16.6 Å². The molecule has 0 amide bonds. The number of benzene rings is 1. The molecular formula is C11H10ClNO2. The lowest BCUT2D eigenvalue weighted by Gasteiger charge is -1.98. The number of phenols is 1. The average Bonchev–Trinajstić information content (AvgIpc) is 2.70. The van der Waals surface area contributed by atoms with Gasteiger partial charge in [-0.3, -0.25) is 0 Å². The van der Waals surface area contributed by atoms with Crippen LogP contribution in [0.15, 0.2) is 28.9 Å². The Labute approximate surface area is 92.3 Å². The molecule has 1 aromatic heterocycles. The van der Waals surface area contributed by atoms with E-state index in [0.717, 1.165) is 12.0 Å². The largest absolute Gasteiger partial charge is 0.506 e. The first kappa shape index (κ1) is 10.1. The van der Waals surface area contributed by atoms with E-state index in [9.17, 15) is 5.11 Å². The molecule has 1 N–H and O–H groups in total. The summed E-state index contributed by atoms with van der Waals surface area (Å²) in [5, 5.41) is 9.77. The third kappa shape index (κ3) is 1.97. The van der Waals surface area contributed by atoms with Gasteiger partial charge in [0, 0.05) is 12.0 Å². The van der Waals surface area contributed by atoms with Gasteiger partial charge in [-0.15, -0.1) is 0 Å². The fourth-order valence-electron chi connectivity index (χ4n) is 1.28. The van der Waals surface area contributed by atoms with Gasteiger partial charge in [-0.25, -0.2) is 4.98 Å². The number of phenolic OH excluding ortho intramolecular Hbond substituents is 1. The highest BCUT2D eigenvalue weighted by molar-refractivity contribution is 6.32. The standard InChI is InChI=1S/C11H10ClNO2/c1-2-11-13-9(6-15-11)7-3-4-8(12)10(14)5-7/h3-6,14H,2H2,1H3. The number of aryl methyl sites for hydroxylation is 1. The molecule has 0 radical (unpaired) electrons. The summed E-state index contributed by atoms with van der Waals surface area (Å²) < 4.78 is 5.21. The molecule has 0 spiro atoms. The van der Waals surface area contributed by atoms with Crippen LogP contribution in [-0.4, -0.2) is 10.1 Å². The zero-order valence-corrected chi connectivity index (χ0v) is 8.95. The van der Waals surface area contributed by atoms with Crippen LogP contribution < -0.4 is 0 Å². The van der Waals surface area contributed by atoms with E-state index in [-0.39, 0.29) is 5.75 Å². The average molecular weight is 224 g/mol. The summed E-state index contributed by atoms with van der Waals surface area (Å²) in [5.41, 5.74) is 1.50. The van der Waals surface area contributed by atoms with Gasteiger partial charge in [-0.2, -0.15) is 0 Å². The van der Waals surface area contributed by atoms with Crippen molar-refractivity contribution in [2.75, 3.05) is 0 Å². The van der Waals surface area contributed by atoms with E-state index in [1.165, 1.54) is 0 Å². The third-order valence-electron chi connectivity index (χ3n) is 2.10. The normalized spacial score (nSPS) is 10.5. The van der Waals surface area contributed by atoms with E-state index < -0.39 is 0 Å². The van der Waals surface area contributed by atoms with Crippen LogP contribution in [0.4, 0.5) is 0 Å².